The van der Waals surface area contributed by atoms with Crippen LogP contribution in [-0.2, 0) is 27.3 Å². The molecule has 0 aliphatic heterocycles. The Hall–Kier alpha value is -3.62. The Labute approximate surface area is 226 Å². The van der Waals surface area contributed by atoms with Gasteiger partial charge in [0.2, 0.25) is 5.78 Å². The fourth-order valence-electron chi connectivity index (χ4n) is 6.17. The van der Waals surface area contributed by atoms with Crippen LogP contribution in [0.15, 0.2) is 23.0 Å². The molecule has 0 heterocycles. The smallest absolute Gasteiger partial charge is 0.508 e. The number of aliphatic hydroxyl groups is 3. The molecule has 1 amide bonds. The molecule has 0 saturated heterocycles. The number of Topliss-reactive ketones (excluding diaryl/α,β-unsaturated/α-hetero) is 2. The van der Waals surface area contributed by atoms with Crippen molar-refractivity contribution < 1.29 is 52.7 Å². The van der Waals surface area contributed by atoms with Gasteiger partial charge < -0.3 is 35.8 Å². The van der Waals surface area contributed by atoms with Crippen LogP contribution in [0.2, 0.25) is 0 Å². The van der Waals surface area contributed by atoms with E-state index in [1.54, 1.807) is 25.9 Å². The van der Waals surface area contributed by atoms with Crippen molar-refractivity contribution in [2.24, 2.45) is 17.6 Å². The Kier molecular flexibility index (Phi) is 7.18. The van der Waals surface area contributed by atoms with Crippen LogP contribution in [0.5, 0.6) is 11.5 Å². The number of amides is 1. The topological polar surface area (TPSA) is 174 Å². The molecule has 3 aliphatic rings. The van der Waals surface area contributed by atoms with Crippen LogP contribution in [0, 0.1) is 11.8 Å². The number of carbonyl (C=O) groups excluding carboxylic acids is 3. The number of benzene rings is 1. The predicted molar refractivity (Wildman–Crippen MR) is 133 cm³/mol. The first kappa shape index (κ1) is 29.4. The van der Waals surface area contributed by atoms with Gasteiger partial charge in [-0.2, -0.15) is 0 Å². The summed E-state index contributed by atoms with van der Waals surface area (Å²) in [6.45, 7) is 1.82. The molecule has 0 radical (unpaired) electrons. The fourth-order valence-corrected chi connectivity index (χ4v) is 6.17. The van der Waals surface area contributed by atoms with E-state index in [0.717, 1.165) is 6.07 Å². The molecule has 218 valence electrons. The third-order valence-corrected chi connectivity index (χ3v) is 7.87. The van der Waals surface area contributed by atoms with Gasteiger partial charge in [-0.05, 0) is 52.5 Å². The van der Waals surface area contributed by atoms with Crippen LogP contribution in [0.3, 0.4) is 0 Å². The van der Waals surface area contributed by atoms with Gasteiger partial charge in [-0.25, -0.2) is 0 Å². The minimum atomic E-state index is -5.12. The zero-order valence-electron chi connectivity index (χ0n) is 22.2. The molecule has 1 aromatic carbocycles. The molecule has 11 nitrogen and oxygen atoms in total. The Morgan fingerprint density at radius 1 is 1.20 bits per heavy atom. The molecule has 40 heavy (non-hydrogen) atoms. The number of fused-ring (bicyclic) bond motifs is 3. The van der Waals surface area contributed by atoms with Crippen molar-refractivity contribution in [2.45, 2.75) is 44.3 Å². The summed E-state index contributed by atoms with van der Waals surface area (Å²) in [7, 11) is 4.68. The Morgan fingerprint density at radius 2 is 1.82 bits per heavy atom. The van der Waals surface area contributed by atoms with Crippen molar-refractivity contribution in [1.29, 1.82) is 0 Å². The number of nitrogens with two attached hydrogens (primary N) is 1. The lowest BCUT2D eigenvalue weighted by molar-refractivity contribution is -0.275. The molecule has 0 aromatic heterocycles. The van der Waals surface area contributed by atoms with E-state index in [9.17, 15) is 48.0 Å². The number of halogens is 3. The van der Waals surface area contributed by atoms with Crippen LogP contribution < -0.4 is 10.5 Å². The number of alkyl halides is 3. The number of phenolic OH excluding ortho intramolecular Hbond substituents is 1. The Morgan fingerprint density at radius 3 is 2.35 bits per heavy atom. The number of nitrogens with zero attached hydrogens (tertiary/aromatic N) is 2. The van der Waals surface area contributed by atoms with Gasteiger partial charge in [-0.15, -0.1) is 13.2 Å². The number of aromatic hydroxyl groups is 1. The zero-order chi connectivity index (χ0) is 30.1. The maximum atomic E-state index is 13.9. The molecule has 6 N–H and O–H groups in total. The average molecular weight is 570 g/mol. The van der Waals surface area contributed by atoms with Crippen LogP contribution in [0.4, 0.5) is 13.2 Å². The predicted octanol–water partition coefficient (Wildman–Crippen LogP) is 1.31. The molecular weight excluding hydrogens is 539 g/mol. The normalized spacial score (nSPS) is 26.7. The molecular formula is C26H30F3N3O8. The molecule has 0 spiro atoms. The molecule has 0 bridgehead atoms. The summed E-state index contributed by atoms with van der Waals surface area (Å²) in [6, 6.07) is -0.322. The second-order valence-electron chi connectivity index (χ2n) is 10.6. The Balaban J connectivity index is 1.99. The minimum Gasteiger partial charge on any atom is -0.508 e. The molecule has 4 rings (SSSR count). The SMILES string of the molecule is CCN(C)[C@@H]1C(=O)C(C(N)=O)=C(O)[C@@]2(O)C(=O)C3=C(O)c4c(O)cc(CN(C)C)c(OC(F)(F)F)c4C[C@H]3C[C@@H]12. The second kappa shape index (κ2) is 9.78. The average Bonchev–Trinajstić information content (AvgIpc) is 2.82. The number of carbonyl (C=O) groups is 3. The van der Waals surface area contributed by atoms with Crippen molar-refractivity contribution in [2.75, 3.05) is 27.7 Å². The van der Waals surface area contributed by atoms with E-state index in [1.165, 1.54) is 11.9 Å². The highest BCUT2D eigenvalue weighted by molar-refractivity contribution is 6.24. The fraction of sp³-hybridized carbons (Fsp3) is 0.500. The third-order valence-electron chi connectivity index (χ3n) is 7.87. The zero-order valence-corrected chi connectivity index (χ0v) is 22.2. The number of rotatable bonds is 6. The van der Waals surface area contributed by atoms with Crippen molar-refractivity contribution >= 4 is 23.2 Å². The van der Waals surface area contributed by atoms with Crippen LogP contribution >= 0.6 is 0 Å². The van der Waals surface area contributed by atoms with Crippen molar-refractivity contribution in [3.8, 4) is 11.5 Å². The molecule has 4 atom stereocenters. The lowest BCUT2D eigenvalue weighted by atomic mass is 9.57. The number of likely N-dealkylation sites (N-methyl/N-ethyl adjacent to an activating group) is 1. The number of hydrogen-bond donors (Lipinski definition) is 5. The van der Waals surface area contributed by atoms with Crippen LogP contribution in [-0.4, -0.2) is 93.4 Å². The molecule has 0 unspecified atom stereocenters. The van der Waals surface area contributed by atoms with Gasteiger partial charge in [0.15, 0.2) is 11.4 Å². The van der Waals surface area contributed by atoms with Gasteiger partial charge in [-0.3, -0.25) is 19.3 Å². The number of primary amides is 1. The van der Waals surface area contributed by atoms with Gasteiger partial charge in [0.05, 0.1) is 11.6 Å². The highest BCUT2D eigenvalue weighted by Crippen LogP contribution is 2.54. The number of hydrogen-bond acceptors (Lipinski definition) is 10. The first-order chi connectivity index (χ1) is 18.4. The third kappa shape index (κ3) is 4.39. The molecule has 14 heteroatoms. The lowest BCUT2D eigenvalue weighted by Crippen LogP contribution is -2.66. The molecule has 1 fully saturated rings. The van der Waals surface area contributed by atoms with E-state index in [4.69, 9.17) is 5.73 Å². The Bertz CT molecular complexity index is 1370. The summed E-state index contributed by atoms with van der Waals surface area (Å²) in [4.78, 5) is 42.3. The van der Waals surface area contributed by atoms with E-state index in [-0.39, 0.29) is 37.1 Å². The van der Waals surface area contributed by atoms with E-state index in [1.807, 2.05) is 0 Å². The van der Waals surface area contributed by atoms with Gasteiger partial charge in [0.1, 0.15) is 28.6 Å². The summed E-state index contributed by atoms with van der Waals surface area (Å²) < 4.78 is 44.8. The van der Waals surface area contributed by atoms with E-state index < -0.39 is 87.0 Å². The standard InChI is InChI=1S/C26H30F3N3O8/c1-5-32(4)18-13-7-10-6-12-16(14(33)8-11(9-31(2)3)21(12)40-26(27,28)29)19(34)15(10)22(36)25(13,39)23(37)17(20(18)35)24(30)38/h8,10,13,18,33-34,37,39H,5-7,9H2,1-4H3,(H2,30,38)/t10-,13-,18-,25-/m0/s1. The molecule has 3 aliphatic carbocycles. The van der Waals surface area contributed by atoms with Crippen molar-refractivity contribution in [1.82, 2.24) is 9.80 Å². The number of ether oxygens (including phenoxy) is 1. The van der Waals surface area contributed by atoms with Crippen molar-refractivity contribution in [3.63, 3.8) is 0 Å². The molecule has 1 saturated carbocycles. The first-order valence-corrected chi connectivity index (χ1v) is 12.4. The van der Waals surface area contributed by atoms with Gasteiger partial charge >= 0.3 is 6.36 Å². The quantitative estimate of drug-likeness (QED) is 0.314. The van der Waals surface area contributed by atoms with Gasteiger partial charge in [0.25, 0.3) is 5.91 Å². The summed E-state index contributed by atoms with van der Waals surface area (Å²) in [5, 5.41) is 44.6. The van der Waals surface area contributed by atoms with E-state index >= 15 is 0 Å². The highest BCUT2D eigenvalue weighted by atomic mass is 19.4. The highest BCUT2D eigenvalue weighted by Gasteiger charge is 2.64. The largest absolute Gasteiger partial charge is 0.573 e. The van der Waals surface area contributed by atoms with E-state index in [2.05, 4.69) is 4.74 Å². The first-order valence-electron chi connectivity index (χ1n) is 12.4. The minimum absolute atomic E-state index is 0.0309. The maximum Gasteiger partial charge on any atom is 0.573 e. The monoisotopic (exact) mass is 569 g/mol. The maximum absolute atomic E-state index is 13.9. The lowest BCUT2D eigenvalue weighted by Gasteiger charge is -2.50. The number of aliphatic hydroxyl groups excluding tert-OH is 2. The van der Waals surface area contributed by atoms with Crippen LogP contribution in [0.1, 0.15) is 30.0 Å². The second-order valence-corrected chi connectivity index (χ2v) is 10.6. The molecule has 1 aromatic rings. The van der Waals surface area contributed by atoms with Crippen LogP contribution in [0.25, 0.3) is 5.76 Å². The summed E-state index contributed by atoms with van der Waals surface area (Å²) in [6.07, 6.45) is -5.72. The number of ketones is 2. The summed E-state index contributed by atoms with van der Waals surface area (Å²) in [5.41, 5.74) is 0.307. The van der Waals surface area contributed by atoms with Gasteiger partial charge in [0, 0.05) is 29.2 Å². The summed E-state index contributed by atoms with van der Waals surface area (Å²) >= 11 is 0. The van der Waals surface area contributed by atoms with E-state index in [0.29, 0.717) is 0 Å². The summed E-state index contributed by atoms with van der Waals surface area (Å²) in [5.74, 6) is -9.38. The van der Waals surface area contributed by atoms with Crippen molar-refractivity contribution in [3.05, 3.63) is 39.7 Å². The number of phenols is 1. The van der Waals surface area contributed by atoms with Gasteiger partial charge in [-0.1, -0.05) is 6.92 Å².